The maximum atomic E-state index is 16.2. The van der Waals surface area contributed by atoms with Crippen molar-refractivity contribution < 1.29 is 9.59 Å². The van der Waals surface area contributed by atoms with Crippen LogP contribution in [0.4, 0.5) is 11.4 Å². The van der Waals surface area contributed by atoms with E-state index in [4.69, 9.17) is 0 Å². The highest BCUT2D eigenvalue weighted by molar-refractivity contribution is 7.27. The number of hydrogen-bond donors (Lipinski definition) is 0. The normalized spacial score (nSPS) is 13.9. The van der Waals surface area contributed by atoms with E-state index in [2.05, 4.69) is 111 Å². The molecule has 4 aromatic heterocycles. The standard InChI is InChI=1S/C89H136N2O2S4/c1-7-12-17-22-27-32-35-40-45-50-55-71(53-48-43-38-30-25-20-15-10-4)68-90-78-67-77-79(66-76(78)85(88(90)92)81-59-58-70(6)95-81)91(69-72(54-49-44-39-31-26-21-16-11-5)56-51-46-41-36-33-28-23-18-13-8-2)89(93)86(77)82-61-60-80(96-82)84-65-73-64-83-74(62-63-94-83)75(87(73)97-84)57-52-47-42-37-34-29-24-19-14-9-3/h58-67,71-72H,7-57,68-69H2,1-6H3. The van der Waals surface area contributed by atoms with E-state index in [0.29, 0.717) is 11.8 Å². The van der Waals surface area contributed by atoms with Gasteiger partial charge in [-0.2, -0.15) is 0 Å². The molecule has 2 amide bonds. The summed E-state index contributed by atoms with van der Waals surface area (Å²) in [7, 11) is 0. The van der Waals surface area contributed by atoms with Gasteiger partial charge in [0.2, 0.25) is 0 Å². The van der Waals surface area contributed by atoms with Crippen molar-refractivity contribution in [2.24, 2.45) is 11.8 Å². The lowest BCUT2D eigenvalue weighted by atomic mass is 9.93. The second-order valence-electron chi connectivity index (χ2n) is 30.4. The molecule has 2 aliphatic heterocycles. The lowest BCUT2D eigenvalue weighted by Gasteiger charge is -2.27. The minimum absolute atomic E-state index is 0.159. The first-order valence-electron chi connectivity index (χ1n) is 41.4. The highest BCUT2D eigenvalue weighted by Crippen LogP contribution is 2.45. The van der Waals surface area contributed by atoms with Crippen molar-refractivity contribution in [1.82, 2.24) is 0 Å². The minimum Gasteiger partial charge on any atom is -0.307 e. The van der Waals surface area contributed by atoms with E-state index in [-0.39, 0.29) is 11.8 Å². The lowest BCUT2D eigenvalue weighted by Crippen LogP contribution is -2.35. The van der Waals surface area contributed by atoms with Crippen LogP contribution in [0.15, 0.2) is 60.0 Å². The Morgan fingerprint density at radius 2 is 0.701 bits per heavy atom. The average molecular weight is 1390 g/mol. The lowest BCUT2D eigenvalue weighted by molar-refractivity contribution is -0.114. The van der Waals surface area contributed by atoms with Crippen molar-refractivity contribution in [2.75, 3.05) is 22.9 Å². The van der Waals surface area contributed by atoms with Crippen LogP contribution in [0, 0.1) is 18.8 Å². The largest absolute Gasteiger partial charge is 0.307 e. The van der Waals surface area contributed by atoms with Gasteiger partial charge in [-0.1, -0.05) is 324 Å². The van der Waals surface area contributed by atoms with E-state index < -0.39 is 0 Å². The highest BCUT2D eigenvalue weighted by atomic mass is 32.1. The topological polar surface area (TPSA) is 40.6 Å². The summed E-state index contributed by atoms with van der Waals surface area (Å²) >= 11 is 7.43. The first kappa shape index (κ1) is 79.1. The van der Waals surface area contributed by atoms with E-state index >= 15 is 9.59 Å². The molecule has 8 heteroatoms. The fraction of sp³-hybridized carbons (Fsp3) is 0.685. The molecule has 2 atom stereocenters. The molecule has 0 fully saturated rings. The number of anilines is 2. The summed E-state index contributed by atoms with van der Waals surface area (Å²) in [4.78, 5) is 42.3. The number of thiophene rings is 4. The second kappa shape index (κ2) is 46.1. The van der Waals surface area contributed by atoms with E-state index in [1.165, 1.54) is 349 Å². The van der Waals surface area contributed by atoms with Crippen molar-refractivity contribution in [2.45, 2.75) is 369 Å². The molecule has 0 radical (unpaired) electrons. The summed E-state index contributed by atoms with van der Waals surface area (Å²) in [5.74, 6) is 1.17. The predicted octanol–water partition coefficient (Wildman–Crippen LogP) is 28.7. The molecule has 0 saturated carbocycles. The van der Waals surface area contributed by atoms with Gasteiger partial charge >= 0.3 is 0 Å². The van der Waals surface area contributed by atoms with E-state index in [1.807, 2.05) is 34.0 Å². The van der Waals surface area contributed by atoms with Crippen molar-refractivity contribution in [1.29, 1.82) is 0 Å². The summed E-state index contributed by atoms with van der Waals surface area (Å²) in [6.45, 7) is 15.2. The van der Waals surface area contributed by atoms with Crippen LogP contribution in [0.5, 0.6) is 0 Å². The number of nitrogens with zero attached hydrogens (tertiary/aromatic N) is 2. The fourth-order valence-electron chi connectivity index (χ4n) is 16.2. The molecule has 2 aromatic carbocycles. The number of carbonyl (C=O) groups is 2. The average Bonchev–Trinajstić information content (AvgIpc) is 1.57. The van der Waals surface area contributed by atoms with Gasteiger partial charge in [0.15, 0.2) is 0 Å². The van der Waals surface area contributed by atoms with Crippen molar-refractivity contribution >= 4 is 99.9 Å². The van der Waals surface area contributed by atoms with Crippen LogP contribution in [0.1, 0.15) is 376 Å². The van der Waals surface area contributed by atoms with Crippen LogP contribution >= 0.6 is 45.3 Å². The Morgan fingerprint density at radius 3 is 1.08 bits per heavy atom. The summed E-state index contributed by atoms with van der Waals surface area (Å²) < 4.78 is 2.84. The summed E-state index contributed by atoms with van der Waals surface area (Å²) in [5, 5.41) is 7.17. The maximum Gasteiger partial charge on any atom is 0.260 e. The number of aryl methyl sites for hydroxylation is 2. The van der Waals surface area contributed by atoms with E-state index in [9.17, 15) is 0 Å². The molecule has 2 aliphatic rings. The van der Waals surface area contributed by atoms with Crippen LogP contribution in [-0.4, -0.2) is 24.9 Å². The Balaban J connectivity index is 1.12. The van der Waals surface area contributed by atoms with Gasteiger partial charge in [0.1, 0.15) is 0 Å². The first-order chi connectivity index (χ1) is 47.8. The smallest absolute Gasteiger partial charge is 0.260 e. The SMILES string of the molecule is CCCCCCCCCCCCc1c2ccsc2cc2cc(-c3ccc(C4=c5cc6c(cc5N(CC(CCCCCCCCCC)CCCCCCCCCCCC)C4=O)=C(c4ccc(C)s4)C(=O)N6CC(CCCCCCCCCC)CCCCCCCCCCCC)s3)sc12. The van der Waals surface area contributed by atoms with Crippen molar-refractivity contribution in [3.63, 3.8) is 0 Å². The molecule has 0 N–H and O–H groups in total. The third kappa shape index (κ3) is 25.4. The van der Waals surface area contributed by atoms with Gasteiger partial charge in [0.05, 0.1) is 22.5 Å². The van der Waals surface area contributed by atoms with Gasteiger partial charge in [-0.15, -0.1) is 45.3 Å². The third-order valence-electron chi connectivity index (χ3n) is 22.1. The molecule has 0 bridgehead atoms. The molecule has 0 spiro atoms. The number of unbranched alkanes of at least 4 members (excludes halogenated alkanes) is 41. The third-order valence-corrected chi connectivity index (χ3v) is 26.5. The van der Waals surface area contributed by atoms with Gasteiger partial charge in [-0.05, 0) is 134 Å². The number of rotatable bonds is 58. The summed E-state index contributed by atoms with van der Waals surface area (Å²) in [6.07, 6.45) is 67.1. The van der Waals surface area contributed by atoms with Crippen LogP contribution in [0.25, 0.3) is 41.1 Å². The van der Waals surface area contributed by atoms with Crippen LogP contribution < -0.4 is 20.2 Å². The summed E-state index contributed by atoms with van der Waals surface area (Å²) in [5.41, 5.74) is 5.28. The minimum atomic E-state index is 0.159. The molecule has 4 nitrogen and oxygen atoms in total. The molecule has 8 rings (SSSR count). The molecule has 2 unspecified atom stereocenters. The van der Waals surface area contributed by atoms with E-state index in [1.54, 1.807) is 11.3 Å². The molecule has 6 aromatic rings. The highest BCUT2D eigenvalue weighted by Gasteiger charge is 2.38. The van der Waals surface area contributed by atoms with Crippen molar-refractivity contribution in [3.8, 4) is 9.75 Å². The van der Waals surface area contributed by atoms with Gasteiger partial charge in [-0.3, -0.25) is 9.59 Å². The second-order valence-corrected chi connectivity index (χ2v) is 34.8. The predicted molar refractivity (Wildman–Crippen MR) is 435 cm³/mol. The van der Waals surface area contributed by atoms with Gasteiger partial charge in [0.25, 0.3) is 11.8 Å². The monoisotopic (exact) mass is 1390 g/mol. The number of amides is 2. The molecule has 0 saturated heterocycles. The number of benzene rings is 2. The number of fused-ring (bicyclic) bond motifs is 4. The molecule has 97 heavy (non-hydrogen) atoms. The Kier molecular flexibility index (Phi) is 37.6. The van der Waals surface area contributed by atoms with Gasteiger partial charge in [-0.25, -0.2) is 0 Å². The Hall–Kier alpha value is -3.56. The number of carbonyl (C=O) groups excluding carboxylic acids is 2. The van der Waals surface area contributed by atoms with E-state index in [0.717, 1.165) is 75.1 Å². The van der Waals surface area contributed by atoms with Crippen molar-refractivity contribution in [3.05, 3.63) is 90.6 Å². The van der Waals surface area contributed by atoms with Crippen LogP contribution in [0.2, 0.25) is 0 Å². The molecule has 6 heterocycles. The Morgan fingerprint density at radius 1 is 0.351 bits per heavy atom. The fourth-order valence-corrected chi connectivity index (χ4v) is 20.3. The van der Waals surface area contributed by atoms with Gasteiger partial charge in [0, 0.05) is 57.3 Å². The molecule has 0 aliphatic carbocycles. The maximum absolute atomic E-state index is 16.2. The number of hydrogen-bond acceptors (Lipinski definition) is 6. The summed E-state index contributed by atoms with van der Waals surface area (Å²) in [6, 6.07) is 21.0. The zero-order chi connectivity index (χ0) is 68.1. The molecular formula is C89H136N2O2S4. The van der Waals surface area contributed by atoms with Crippen LogP contribution in [-0.2, 0) is 16.0 Å². The zero-order valence-corrected chi connectivity index (χ0v) is 66.0. The molecule has 538 valence electrons. The Labute approximate surface area is 609 Å². The molecular weight excluding hydrogens is 1260 g/mol. The first-order valence-corrected chi connectivity index (χ1v) is 44.8. The quantitative estimate of drug-likeness (QED) is 0.0357. The van der Waals surface area contributed by atoms with Crippen LogP contribution in [0.3, 0.4) is 0 Å². The Bertz CT molecular complexity index is 3300. The van der Waals surface area contributed by atoms with Gasteiger partial charge < -0.3 is 9.80 Å². The zero-order valence-electron chi connectivity index (χ0n) is 62.7.